The van der Waals surface area contributed by atoms with E-state index in [2.05, 4.69) is 30.2 Å². The van der Waals surface area contributed by atoms with Crippen LogP contribution in [0.3, 0.4) is 0 Å². The number of carbonyl (C=O) groups is 1. The van der Waals surface area contributed by atoms with Gasteiger partial charge in [0.1, 0.15) is 17.3 Å². The zero-order chi connectivity index (χ0) is 24.7. The molecule has 3 heterocycles. The van der Waals surface area contributed by atoms with E-state index in [4.69, 9.17) is 0 Å². The summed E-state index contributed by atoms with van der Waals surface area (Å²) in [6.07, 6.45) is 7.22. The number of aromatic nitrogens is 5. The van der Waals surface area contributed by atoms with E-state index in [-0.39, 0.29) is 40.0 Å². The third-order valence-corrected chi connectivity index (χ3v) is 5.99. The van der Waals surface area contributed by atoms with Gasteiger partial charge in [0.25, 0.3) is 5.91 Å². The largest absolute Gasteiger partial charge is 0.364 e. The van der Waals surface area contributed by atoms with Crippen LogP contribution in [0.15, 0.2) is 35.8 Å². The molecule has 5 rings (SSSR count). The van der Waals surface area contributed by atoms with Crippen molar-refractivity contribution in [1.29, 1.82) is 0 Å². The van der Waals surface area contributed by atoms with Crippen molar-refractivity contribution >= 4 is 28.3 Å². The molecule has 1 amide bonds. The number of H-pyrrole nitrogens is 1. The number of nitrogens with zero attached hydrogens (tertiary/aromatic N) is 5. The Morgan fingerprint density at radius 1 is 1.26 bits per heavy atom. The third-order valence-electron chi connectivity index (χ3n) is 5.99. The average Bonchev–Trinajstić information content (AvgIpc) is 3.43. The number of aromatic amines is 1. The predicted molar refractivity (Wildman–Crippen MR) is 125 cm³/mol. The molecule has 180 valence electrons. The van der Waals surface area contributed by atoms with Gasteiger partial charge in [-0.25, -0.2) is 33.1 Å². The number of hydrogen-bond acceptors (Lipinski definition) is 5. The van der Waals surface area contributed by atoms with Crippen molar-refractivity contribution in [2.75, 3.05) is 5.32 Å². The fourth-order valence-electron chi connectivity index (χ4n) is 4.30. The Bertz CT molecular complexity index is 1470. The van der Waals surface area contributed by atoms with E-state index < -0.39 is 23.4 Å². The lowest BCUT2D eigenvalue weighted by Gasteiger charge is -2.25. The number of rotatable bonds is 4. The summed E-state index contributed by atoms with van der Waals surface area (Å²) in [7, 11) is 1.77. The molecule has 1 atom stereocenters. The van der Waals surface area contributed by atoms with Gasteiger partial charge in [-0.2, -0.15) is 0 Å². The molecule has 1 fully saturated rings. The fourth-order valence-corrected chi connectivity index (χ4v) is 4.30. The second-order valence-corrected chi connectivity index (χ2v) is 8.65. The molecule has 3 aromatic heterocycles. The maximum atomic E-state index is 14.9. The minimum absolute atomic E-state index is 0.0129. The van der Waals surface area contributed by atoms with Gasteiger partial charge in [-0.15, -0.1) is 0 Å². The van der Waals surface area contributed by atoms with E-state index in [1.807, 2.05) is 0 Å². The Morgan fingerprint density at radius 3 is 2.86 bits per heavy atom. The van der Waals surface area contributed by atoms with E-state index in [0.29, 0.717) is 24.1 Å². The number of halogens is 3. The monoisotopic (exact) mass is 481 g/mol. The van der Waals surface area contributed by atoms with Gasteiger partial charge in [-0.1, -0.05) is 0 Å². The molecule has 1 aliphatic carbocycles. The van der Waals surface area contributed by atoms with Gasteiger partial charge in [0.2, 0.25) is 0 Å². The van der Waals surface area contributed by atoms with Gasteiger partial charge in [0.15, 0.2) is 17.5 Å². The van der Waals surface area contributed by atoms with E-state index in [0.717, 1.165) is 18.9 Å². The van der Waals surface area contributed by atoms with Crippen LogP contribution in [0, 0.1) is 24.4 Å². The molecular weight excluding hydrogens is 459 g/mol. The summed E-state index contributed by atoms with van der Waals surface area (Å²) in [5.74, 6) is -2.37. The average molecular weight is 481 g/mol. The molecular formula is C24H22F3N7O. The van der Waals surface area contributed by atoms with Crippen molar-refractivity contribution in [3.63, 3.8) is 0 Å². The Hall–Kier alpha value is -4.02. The molecule has 8 nitrogen and oxygen atoms in total. The summed E-state index contributed by atoms with van der Waals surface area (Å²) in [5, 5.41) is 3.38. The summed E-state index contributed by atoms with van der Waals surface area (Å²) in [4.78, 5) is 32.0. The standard InChI is InChI=1S/C24H22F3N7O/c1-12-20(27)23(33-22(30-12)17-9-28-21-16(17)6-13(25)7-18(21)26)31-14-4-3-5-15(8-14)32-24(35)19-10-34(2)11-29-19/h6-7,9-11,14,28H,3-5,8H2,1-2H3,(H,30,31,33)/t14-/m0/s1. The van der Waals surface area contributed by atoms with Crippen molar-refractivity contribution in [2.45, 2.75) is 38.6 Å². The summed E-state index contributed by atoms with van der Waals surface area (Å²) < 4.78 is 44.6. The lowest BCUT2D eigenvalue weighted by molar-refractivity contribution is 0.0998. The number of amides is 1. The van der Waals surface area contributed by atoms with Gasteiger partial charge in [-0.05, 0) is 32.3 Å². The normalized spacial score (nSPS) is 17.3. The van der Waals surface area contributed by atoms with Crippen molar-refractivity contribution in [2.24, 2.45) is 12.0 Å². The van der Waals surface area contributed by atoms with E-state index in [9.17, 15) is 18.0 Å². The first-order valence-corrected chi connectivity index (χ1v) is 11.1. The van der Waals surface area contributed by atoms with Gasteiger partial charge in [0.05, 0.1) is 17.5 Å². The molecule has 0 radical (unpaired) electrons. The molecule has 1 aliphatic rings. The zero-order valence-corrected chi connectivity index (χ0v) is 19.1. The number of nitrogens with one attached hydrogen (secondary N) is 2. The molecule has 35 heavy (non-hydrogen) atoms. The number of carbonyl (C=O) groups excluding carboxylic acids is 1. The number of hydrogen-bond donors (Lipinski definition) is 2. The molecule has 0 aliphatic heterocycles. The Labute approximate surface area is 198 Å². The van der Waals surface area contributed by atoms with Crippen molar-refractivity contribution in [3.05, 3.63) is 59.7 Å². The molecule has 4 aromatic rings. The minimum Gasteiger partial charge on any atom is -0.364 e. The summed E-state index contributed by atoms with van der Waals surface area (Å²) in [5.41, 5.74) is 1.55. The first kappa shape index (κ1) is 22.8. The SMILES string of the molecule is Cc1nc(-c2c[nH]c3c(F)cc(F)cc23)nc(N[C@H]2CCCC(=NC(=O)c3cn(C)cn3)C2)c1F. The Balaban J connectivity index is 1.41. The molecule has 11 heteroatoms. The summed E-state index contributed by atoms with van der Waals surface area (Å²) in [6.45, 7) is 1.50. The van der Waals surface area contributed by atoms with Gasteiger partial charge in [-0.3, -0.25) is 4.79 Å². The van der Waals surface area contributed by atoms with Crippen LogP contribution in [0.25, 0.3) is 22.3 Å². The molecule has 0 bridgehead atoms. The second-order valence-electron chi connectivity index (χ2n) is 8.65. The number of benzene rings is 1. The molecule has 1 saturated carbocycles. The maximum Gasteiger partial charge on any atom is 0.297 e. The van der Waals surface area contributed by atoms with Crippen LogP contribution in [0.5, 0.6) is 0 Å². The van der Waals surface area contributed by atoms with Crippen molar-refractivity contribution in [1.82, 2.24) is 24.5 Å². The highest BCUT2D eigenvalue weighted by molar-refractivity contribution is 6.03. The number of fused-ring (bicyclic) bond motifs is 1. The maximum absolute atomic E-state index is 14.9. The minimum atomic E-state index is -0.738. The van der Waals surface area contributed by atoms with Gasteiger partial charge >= 0.3 is 0 Å². The number of aryl methyl sites for hydroxylation is 2. The van der Waals surface area contributed by atoms with Crippen molar-refractivity contribution < 1.29 is 18.0 Å². The molecule has 0 saturated heterocycles. The Morgan fingerprint density at radius 2 is 2.09 bits per heavy atom. The zero-order valence-electron chi connectivity index (χ0n) is 19.1. The predicted octanol–water partition coefficient (Wildman–Crippen LogP) is 4.72. The quantitative estimate of drug-likeness (QED) is 0.439. The van der Waals surface area contributed by atoms with Crippen LogP contribution >= 0.6 is 0 Å². The van der Waals surface area contributed by atoms with Crippen LogP contribution in [-0.2, 0) is 7.05 Å². The molecule has 2 N–H and O–H groups in total. The van der Waals surface area contributed by atoms with Crippen LogP contribution in [0.1, 0.15) is 41.9 Å². The highest BCUT2D eigenvalue weighted by atomic mass is 19.1. The number of imidazole rings is 1. The van der Waals surface area contributed by atoms with E-state index in [1.54, 1.807) is 17.8 Å². The highest BCUT2D eigenvalue weighted by Crippen LogP contribution is 2.31. The van der Waals surface area contributed by atoms with Gasteiger partial charge < -0.3 is 14.9 Å². The lowest BCUT2D eigenvalue weighted by atomic mass is 9.93. The van der Waals surface area contributed by atoms with E-state index >= 15 is 0 Å². The van der Waals surface area contributed by atoms with Crippen molar-refractivity contribution in [3.8, 4) is 11.4 Å². The molecule has 0 unspecified atom stereocenters. The summed E-state index contributed by atoms with van der Waals surface area (Å²) in [6, 6.07) is 1.77. The first-order valence-electron chi connectivity index (χ1n) is 11.1. The first-order chi connectivity index (χ1) is 16.8. The molecule has 1 aromatic carbocycles. The smallest absolute Gasteiger partial charge is 0.297 e. The third kappa shape index (κ3) is 4.53. The van der Waals surface area contributed by atoms with Gasteiger partial charge in [0, 0.05) is 54.6 Å². The number of aliphatic imine (C=N–C) groups is 1. The van der Waals surface area contributed by atoms with Crippen LogP contribution in [0.4, 0.5) is 19.0 Å². The number of anilines is 1. The lowest BCUT2D eigenvalue weighted by Crippen LogP contribution is -2.29. The second kappa shape index (κ2) is 8.97. The van der Waals surface area contributed by atoms with Crippen LogP contribution in [-0.4, -0.2) is 42.2 Å². The summed E-state index contributed by atoms with van der Waals surface area (Å²) >= 11 is 0. The van der Waals surface area contributed by atoms with E-state index in [1.165, 1.54) is 25.5 Å². The fraction of sp³-hybridized carbons (Fsp3) is 0.292. The Kier molecular flexibility index (Phi) is 5.83. The highest BCUT2D eigenvalue weighted by Gasteiger charge is 2.23. The molecule has 0 spiro atoms. The van der Waals surface area contributed by atoms with Crippen LogP contribution < -0.4 is 5.32 Å². The topological polar surface area (TPSA) is 101 Å². The van der Waals surface area contributed by atoms with Crippen LogP contribution in [0.2, 0.25) is 0 Å².